The third-order valence-electron chi connectivity index (χ3n) is 0.946. The summed E-state index contributed by atoms with van der Waals surface area (Å²) in [4.78, 5) is 0. The minimum atomic E-state index is 0.565. The normalized spacial score (nSPS) is 10.8. The van der Waals surface area contributed by atoms with Gasteiger partial charge in [-0.3, -0.25) is 0 Å². The van der Waals surface area contributed by atoms with Gasteiger partial charge in [0, 0.05) is 0 Å². The molecule has 0 fully saturated rings. The number of nitrogens with zero attached hydrogens (tertiary/aromatic N) is 1. The van der Waals surface area contributed by atoms with Crippen molar-refractivity contribution in [1.29, 1.82) is 0 Å². The highest BCUT2D eigenvalue weighted by atomic mass is 16.4. The molecule has 0 bridgehead atoms. The largest absolute Gasteiger partial charge is 0.460 e. The molecule has 0 amide bonds. The van der Waals surface area contributed by atoms with Gasteiger partial charge in [0.15, 0.2) is 0 Å². The third-order valence-corrected chi connectivity index (χ3v) is 0.946. The third kappa shape index (κ3) is 1.32. The van der Waals surface area contributed by atoms with Gasteiger partial charge in [-0.1, -0.05) is 5.16 Å². The maximum atomic E-state index is 8.04. The second kappa shape index (κ2) is 2.35. The van der Waals surface area contributed by atoms with Gasteiger partial charge in [-0.15, -0.1) is 0 Å². The first-order chi connectivity index (χ1) is 4.33. The van der Waals surface area contributed by atoms with Crippen molar-refractivity contribution in [2.75, 3.05) is 0 Å². The Kier molecular flexibility index (Phi) is 1.53. The first-order valence-electron chi connectivity index (χ1n) is 2.57. The smallest absolute Gasteiger partial charge is 0.148 e. The van der Waals surface area contributed by atoms with Gasteiger partial charge in [0.05, 0.1) is 0 Å². The average Bonchev–Trinajstić information content (AvgIpc) is 2.17. The Hall–Kier alpha value is -1.25. The van der Waals surface area contributed by atoms with Gasteiger partial charge in [0.1, 0.15) is 17.7 Å². The highest BCUT2D eigenvalue weighted by Crippen LogP contribution is 2.02. The summed E-state index contributed by atoms with van der Waals surface area (Å²) in [5.41, 5.74) is 0. The van der Waals surface area contributed by atoms with E-state index in [-0.39, 0.29) is 0 Å². The molecule has 0 saturated heterocycles. The lowest BCUT2D eigenvalue weighted by atomic mass is 10.4. The van der Waals surface area contributed by atoms with Crippen molar-refractivity contribution in [3.63, 3.8) is 0 Å². The summed E-state index contributed by atoms with van der Waals surface area (Å²) in [5, 5.41) is 10.8. The number of furan rings is 1. The molecule has 0 unspecified atom stereocenters. The van der Waals surface area contributed by atoms with Crippen LogP contribution in [0, 0.1) is 6.92 Å². The van der Waals surface area contributed by atoms with Crippen LogP contribution < -0.4 is 0 Å². The summed E-state index contributed by atoms with van der Waals surface area (Å²) in [5.74, 6) is 1.37. The Bertz CT molecular complexity index is 215. The van der Waals surface area contributed by atoms with E-state index in [4.69, 9.17) is 9.62 Å². The van der Waals surface area contributed by atoms with Crippen molar-refractivity contribution in [1.82, 2.24) is 0 Å². The Labute approximate surface area is 52.6 Å². The fraction of sp³-hybridized carbons (Fsp3) is 0.167. The van der Waals surface area contributed by atoms with Crippen LogP contribution in [0.15, 0.2) is 21.7 Å². The molecule has 0 radical (unpaired) electrons. The van der Waals surface area contributed by atoms with Crippen LogP contribution in [0.3, 0.4) is 0 Å². The Morgan fingerprint density at radius 1 is 1.67 bits per heavy atom. The van der Waals surface area contributed by atoms with Gasteiger partial charge < -0.3 is 9.62 Å². The highest BCUT2D eigenvalue weighted by molar-refractivity contribution is 5.75. The van der Waals surface area contributed by atoms with E-state index in [9.17, 15) is 0 Å². The van der Waals surface area contributed by atoms with Gasteiger partial charge in [-0.05, 0) is 19.1 Å². The Morgan fingerprint density at radius 2 is 2.44 bits per heavy atom. The van der Waals surface area contributed by atoms with Crippen molar-refractivity contribution >= 4 is 6.21 Å². The van der Waals surface area contributed by atoms with Crippen LogP contribution in [0.25, 0.3) is 0 Å². The topological polar surface area (TPSA) is 45.7 Å². The molecule has 9 heavy (non-hydrogen) atoms. The summed E-state index contributed by atoms with van der Waals surface area (Å²) in [6.07, 6.45) is 1.24. The van der Waals surface area contributed by atoms with Crippen LogP contribution in [0.4, 0.5) is 0 Å². The fourth-order valence-corrected chi connectivity index (χ4v) is 0.580. The molecule has 0 aliphatic carbocycles. The van der Waals surface area contributed by atoms with Crippen molar-refractivity contribution in [3.8, 4) is 0 Å². The Balaban J connectivity index is 2.85. The van der Waals surface area contributed by atoms with E-state index in [1.54, 1.807) is 12.1 Å². The summed E-state index contributed by atoms with van der Waals surface area (Å²) in [6.45, 7) is 1.83. The molecule has 0 spiro atoms. The maximum absolute atomic E-state index is 8.04. The van der Waals surface area contributed by atoms with E-state index in [1.165, 1.54) is 6.21 Å². The standard InChI is InChI=1S/C6H7NO2/c1-5-2-3-6(9-5)4-7-8/h2-4,8H,1H3/b7-4+. The number of oxime groups is 1. The summed E-state index contributed by atoms with van der Waals surface area (Å²) < 4.78 is 5.01. The molecule has 0 saturated carbocycles. The number of rotatable bonds is 1. The summed E-state index contributed by atoms with van der Waals surface area (Å²) in [6, 6.07) is 3.53. The van der Waals surface area contributed by atoms with E-state index in [0.29, 0.717) is 5.76 Å². The van der Waals surface area contributed by atoms with Crippen LogP contribution in [0.1, 0.15) is 11.5 Å². The molecule has 1 rings (SSSR count). The molecule has 0 atom stereocenters. The van der Waals surface area contributed by atoms with E-state index in [0.717, 1.165) is 5.76 Å². The molecule has 0 aromatic carbocycles. The summed E-state index contributed by atoms with van der Waals surface area (Å²) >= 11 is 0. The van der Waals surface area contributed by atoms with E-state index in [1.807, 2.05) is 6.92 Å². The molecular formula is C6H7NO2. The zero-order chi connectivity index (χ0) is 6.69. The SMILES string of the molecule is Cc1ccc(/C=N/O)o1. The molecule has 1 N–H and O–H groups in total. The highest BCUT2D eigenvalue weighted by Gasteiger charge is 1.91. The van der Waals surface area contributed by atoms with Crippen LogP contribution in [-0.2, 0) is 0 Å². The van der Waals surface area contributed by atoms with Crippen LogP contribution in [-0.4, -0.2) is 11.4 Å². The van der Waals surface area contributed by atoms with Crippen molar-refractivity contribution < 1.29 is 9.62 Å². The first-order valence-corrected chi connectivity index (χ1v) is 2.57. The minimum absolute atomic E-state index is 0.565. The molecule has 3 heteroatoms. The van der Waals surface area contributed by atoms with Gasteiger partial charge in [-0.2, -0.15) is 0 Å². The molecule has 1 aromatic heterocycles. The zero-order valence-electron chi connectivity index (χ0n) is 5.03. The van der Waals surface area contributed by atoms with Crippen LogP contribution >= 0.6 is 0 Å². The van der Waals surface area contributed by atoms with Gasteiger partial charge in [0.2, 0.25) is 0 Å². The van der Waals surface area contributed by atoms with Crippen molar-refractivity contribution in [3.05, 3.63) is 23.7 Å². The van der Waals surface area contributed by atoms with Gasteiger partial charge in [-0.25, -0.2) is 0 Å². The molecule has 1 heterocycles. The second-order valence-electron chi connectivity index (χ2n) is 1.69. The van der Waals surface area contributed by atoms with Crippen molar-refractivity contribution in [2.45, 2.75) is 6.92 Å². The van der Waals surface area contributed by atoms with E-state index in [2.05, 4.69) is 5.16 Å². The number of hydrogen-bond donors (Lipinski definition) is 1. The lowest BCUT2D eigenvalue weighted by Gasteiger charge is -1.79. The number of hydrogen-bond acceptors (Lipinski definition) is 3. The number of aryl methyl sites for hydroxylation is 1. The molecule has 0 aliphatic rings. The zero-order valence-corrected chi connectivity index (χ0v) is 5.03. The monoisotopic (exact) mass is 125 g/mol. The van der Waals surface area contributed by atoms with Gasteiger partial charge in [0.25, 0.3) is 0 Å². The first kappa shape index (κ1) is 5.88. The lowest BCUT2D eigenvalue weighted by molar-refractivity contribution is 0.320. The predicted octanol–water partition coefficient (Wildman–Crippen LogP) is 1.40. The predicted molar refractivity (Wildman–Crippen MR) is 32.8 cm³/mol. The maximum Gasteiger partial charge on any atom is 0.148 e. The minimum Gasteiger partial charge on any atom is -0.460 e. The second-order valence-corrected chi connectivity index (χ2v) is 1.69. The quantitative estimate of drug-likeness (QED) is 0.350. The summed E-state index contributed by atoms with van der Waals surface area (Å²) in [7, 11) is 0. The van der Waals surface area contributed by atoms with E-state index < -0.39 is 0 Å². The fourth-order valence-electron chi connectivity index (χ4n) is 0.580. The van der Waals surface area contributed by atoms with Crippen LogP contribution in [0.2, 0.25) is 0 Å². The lowest BCUT2D eigenvalue weighted by Crippen LogP contribution is -1.71. The molecule has 48 valence electrons. The average molecular weight is 125 g/mol. The van der Waals surface area contributed by atoms with Crippen molar-refractivity contribution in [2.24, 2.45) is 5.16 Å². The van der Waals surface area contributed by atoms with E-state index >= 15 is 0 Å². The van der Waals surface area contributed by atoms with Gasteiger partial charge >= 0.3 is 0 Å². The molecule has 0 aliphatic heterocycles. The Morgan fingerprint density at radius 3 is 2.89 bits per heavy atom. The molecule has 1 aromatic rings. The molecular weight excluding hydrogens is 118 g/mol. The molecule has 3 nitrogen and oxygen atoms in total. The van der Waals surface area contributed by atoms with Crippen LogP contribution in [0.5, 0.6) is 0 Å².